The monoisotopic (exact) mass is 490 g/mol. The van der Waals surface area contributed by atoms with Crippen molar-refractivity contribution in [2.45, 2.75) is 13.8 Å². The molecule has 0 unspecified atom stereocenters. The molecule has 0 radical (unpaired) electrons. The van der Waals surface area contributed by atoms with E-state index >= 15 is 0 Å². The largest absolute Gasteiger partial charge is 0.478 e. The van der Waals surface area contributed by atoms with Gasteiger partial charge < -0.3 is 19.7 Å². The Morgan fingerprint density at radius 1 is 1.00 bits per heavy atom. The van der Waals surface area contributed by atoms with E-state index in [1.54, 1.807) is 59.4 Å². The van der Waals surface area contributed by atoms with Crippen LogP contribution in [0.5, 0.6) is 11.6 Å². The van der Waals surface area contributed by atoms with E-state index in [1.165, 1.54) is 0 Å². The van der Waals surface area contributed by atoms with Crippen LogP contribution in [0.1, 0.15) is 27.0 Å². The van der Waals surface area contributed by atoms with Gasteiger partial charge in [0.05, 0.1) is 23.5 Å². The number of nitrogens with one attached hydrogen (secondary N) is 1. The van der Waals surface area contributed by atoms with Crippen molar-refractivity contribution >= 4 is 28.8 Å². The zero-order valence-corrected chi connectivity index (χ0v) is 20.4. The van der Waals surface area contributed by atoms with Crippen LogP contribution in [0.4, 0.5) is 11.6 Å². The van der Waals surface area contributed by atoms with Crippen LogP contribution in [-0.2, 0) is 7.05 Å². The number of nitriles is 1. The number of ether oxygens (including phenoxy) is 1. The molecule has 5 rings (SSSR count). The fourth-order valence-electron chi connectivity index (χ4n) is 4.08. The van der Waals surface area contributed by atoms with Gasteiger partial charge in [-0.15, -0.1) is 0 Å². The van der Waals surface area contributed by atoms with E-state index in [1.807, 2.05) is 33.0 Å². The van der Waals surface area contributed by atoms with Crippen molar-refractivity contribution < 1.29 is 14.6 Å². The smallest absolute Gasteiger partial charge is 0.335 e. The van der Waals surface area contributed by atoms with Crippen LogP contribution < -0.4 is 10.1 Å². The molecule has 0 bridgehead atoms. The van der Waals surface area contributed by atoms with Crippen LogP contribution in [0.25, 0.3) is 22.3 Å². The molecule has 0 saturated carbocycles. The Bertz CT molecular complexity index is 1660. The van der Waals surface area contributed by atoms with Gasteiger partial charge in [-0.2, -0.15) is 15.2 Å². The maximum Gasteiger partial charge on any atom is 0.335 e. The standard InChI is InChI=1S/C28H22N6O3/c1-16-12-21(19-6-8-20(9-7-19)27(35)36)13-17(2)24(16)37-26-23-25(30-15-34(23)3)32-28(33-26)31-22-10-4-18(14-29)5-11-22/h4-13,15H,1-3H3,(H,35,36)(H,31,32,33). The maximum atomic E-state index is 11.2. The summed E-state index contributed by atoms with van der Waals surface area (Å²) in [6.45, 7) is 3.91. The predicted molar refractivity (Wildman–Crippen MR) is 139 cm³/mol. The number of aromatic carboxylic acids is 1. The topological polar surface area (TPSA) is 126 Å². The molecule has 182 valence electrons. The van der Waals surface area contributed by atoms with Crippen molar-refractivity contribution in [3.63, 3.8) is 0 Å². The number of fused-ring (bicyclic) bond motifs is 1. The van der Waals surface area contributed by atoms with Crippen LogP contribution in [0.15, 0.2) is 67.0 Å². The van der Waals surface area contributed by atoms with Gasteiger partial charge in [-0.3, -0.25) is 0 Å². The van der Waals surface area contributed by atoms with E-state index in [9.17, 15) is 4.79 Å². The van der Waals surface area contributed by atoms with Crippen molar-refractivity contribution in [1.29, 1.82) is 5.26 Å². The highest BCUT2D eigenvalue weighted by atomic mass is 16.5. The molecule has 0 aliphatic carbocycles. The minimum atomic E-state index is -0.956. The number of carboxylic acid groups (broad SMARTS) is 1. The Morgan fingerprint density at radius 2 is 1.68 bits per heavy atom. The number of aromatic nitrogens is 4. The molecule has 0 atom stereocenters. The molecule has 0 aliphatic heterocycles. The Kier molecular flexibility index (Phi) is 5.99. The van der Waals surface area contributed by atoms with E-state index in [2.05, 4.69) is 26.3 Å². The van der Waals surface area contributed by atoms with Gasteiger partial charge in [0.2, 0.25) is 5.95 Å². The first kappa shape index (κ1) is 23.5. The van der Waals surface area contributed by atoms with Crippen LogP contribution in [0.3, 0.4) is 0 Å². The molecule has 0 saturated heterocycles. The predicted octanol–water partition coefficient (Wildman–Crippen LogP) is 5.75. The number of benzene rings is 3. The van der Waals surface area contributed by atoms with E-state index in [0.717, 1.165) is 27.9 Å². The van der Waals surface area contributed by atoms with Gasteiger partial charge in [0.1, 0.15) is 5.75 Å². The first-order valence-electron chi connectivity index (χ1n) is 11.4. The molecule has 0 aliphatic rings. The molecule has 2 N–H and O–H groups in total. The van der Waals surface area contributed by atoms with Crippen LogP contribution >= 0.6 is 0 Å². The molecule has 9 heteroatoms. The highest BCUT2D eigenvalue weighted by molar-refractivity contribution is 5.88. The van der Waals surface area contributed by atoms with E-state index in [0.29, 0.717) is 34.3 Å². The third-order valence-corrected chi connectivity index (χ3v) is 5.93. The number of imidazole rings is 1. The molecule has 0 spiro atoms. The Labute approximate surface area is 212 Å². The summed E-state index contributed by atoms with van der Waals surface area (Å²) in [6.07, 6.45) is 1.65. The van der Waals surface area contributed by atoms with Gasteiger partial charge >= 0.3 is 5.97 Å². The summed E-state index contributed by atoms with van der Waals surface area (Å²) in [4.78, 5) is 24.7. The third-order valence-electron chi connectivity index (χ3n) is 5.93. The minimum Gasteiger partial charge on any atom is -0.478 e. The van der Waals surface area contributed by atoms with Crippen LogP contribution in [0, 0.1) is 25.2 Å². The number of hydrogen-bond donors (Lipinski definition) is 2. The number of nitrogens with zero attached hydrogens (tertiary/aromatic N) is 5. The first-order chi connectivity index (χ1) is 17.8. The fourth-order valence-corrected chi connectivity index (χ4v) is 4.08. The lowest BCUT2D eigenvalue weighted by Gasteiger charge is -2.15. The zero-order chi connectivity index (χ0) is 26.1. The average molecular weight is 491 g/mol. The zero-order valence-electron chi connectivity index (χ0n) is 20.4. The van der Waals surface area contributed by atoms with Gasteiger partial charge in [0.15, 0.2) is 11.2 Å². The van der Waals surface area contributed by atoms with Crippen molar-refractivity contribution in [3.05, 3.63) is 89.2 Å². The normalized spacial score (nSPS) is 10.8. The Balaban J connectivity index is 1.50. The number of carboxylic acids is 1. The van der Waals surface area contributed by atoms with Crippen molar-refractivity contribution in [2.24, 2.45) is 7.05 Å². The lowest BCUT2D eigenvalue weighted by molar-refractivity contribution is 0.0697. The summed E-state index contributed by atoms with van der Waals surface area (Å²) in [5.74, 6) is 0.376. The number of carbonyl (C=O) groups is 1. The van der Waals surface area contributed by atoms with Gasteiger partial charge in [-0.1, -0.05) is 12.1 Å². The maximum absolute atomic E-state index is 11.2. The van der Waals surface area contributed by atoms with Gasteiger partial charge in [0, 0.05) is 12.7 Å². The summed E-state index contributed by atoms with van der Waals surface area (Å²) >= 11 is 0. The minimum absolute atomic E-state index is 0.242. The van der Waals surface area contributed by atoms with E-state index in [-0.39, 0.29) is 5.56 Å². The van der Waals surface area contributed by atoms with Gasteiger partial charge in [-0.05, 0) is 84.6 Å². The summed E-state index contributed by atoms with van der Waals surface area (Å²) in [5, 5.41) is 21.3. The molecule has 5 aromatic rings. The summed E-state index contributed by atoms with van der Waals surface area (Å²) < 4.78 is 8.18. The highest BCUT2D eigenvalue weighted by Crippen LogP contribution is 2.35. The third kappa shape index (κ3) is 4.68. The number of anilines is 2. The lowest BCUT2D eigenvalue weighted by Crippen LogP contribution is -2.03. The van der Waals surface area contributed by atoms with E-state index in [4.69, 9.17) is 15.1 Å². The molecular weight excluding hydrogens is 468 g/mol. The highest BCUT2D eigenvalue weighted by Gasteiger charge is 2.17. The second-order valence-electron chi connectivity index (χ2n) is 8.62. The summed E-state index contributed by atoms with van der Waals surface area (Å²) in [5.41, 5.74) is 6.32. The SMILES string of the molecule is Cc1cc(-c2ccc(C(=O)O)cc2)cc(C)c1Oc1nc(Nc2ccc(C#N)cc2)nc2ncn(C)c12. The van der Waals surface area contributed by atoms with Gasteiger partial charge in [0.25, 0.3) is 5.88 Å². The average Bonchev–Trinajstić information content (AvgIpc) is 3.27. The van der Waals surface area contributed by atoms with Crippen molar-refractivity contribution in [3.8, 4) is 28.8 Å². The summed E-state index contributed by atoms with van der Waals surface area (Å²) in [7, 11) is 1.85. The molecule has 3 aromatic carbocycles. The van der Waals surface area contributed by atoms with E-state index < -0.39 is 5.97 Å². The van der Waals surface area contributed by atoms with Gasteiger partial charge in [-0.25, -0.2) is 9.78 Å². The Hall–Kier alpha value is -5.23. The first-order valence-corrected chi connectivity index (χ1v) is 11.4. The van der Waals surface area contributed by atoms with Crippen LogP contribution in [-0.4, -0.2) is 30.6 Å². The molecular formula is C28H22N6O3. The molecule has 2 aromatic heterocycles. The second kappa shape index (κ2) is 9.43. The quantitative estimate of drug-likeness (QED) is 0.308. The molecule has 0 amide bonds. The second-order valence-corrected chi connectivity index (χ2v) is 8.62. The number of hydrogen-bond acceptors (Lipinski definition) is 7. The molecule has 2 heterocycles. The summed E-state index contributed by atoms with van der Waals surface area (Å²) in [6, 6.07) is 19.8. The fraction of sp³-hybridized carbons (Fsp3) is 0.107. The van der Waals surface area contributed by atoms with Crippen LogP contribution in [0.2, 0.25) is 0 Å². The van der Waals surface area contributed by atoms with Crippen molar-refractivity contribution in [1.82, 2.24) is 19.5 Å². The Morgan fingerprint density at radius 3 is 2.30 bits per heavy atom. The number of aryl methyl sites for hydroxylation is 3. The number of rotatable bonds is 6. The van der Waals surface area contributed by atoms with Crippen molar-refractivity contribution in [2.75, 3.05) is 5.32 Å². The molecule has 37 heavy (non-hydrogen) atoms. The molecule has 0 fully saturated rings. The molecule has 9 nitrogen and oxygen atoms in total. The lowest BCUT2D eigenvalue weighted by atomic mass is 9.99.